The molecule has 1 aliphatic carbocycles. The largest absolute Gasteiger partial charge is 0.493 e. The molecule has 0 amide bonds. The number of fused-ring (bicyclic) bond motifs is 3. The number of ketones is 1. The molecule has 0 fully saturated rings. The lowest BCUT2D eigenvalue weighted by molar-refractivity contribution is -0.118. The number of ether oxygens (including phenoxy) is 3. The maximum atomic E-state index is 13.6. The summed E-state index contributed by atoms with van der Waals surface area (Å²) in [6.45, 7) is 4.31. The lowest BCUT2D eigenvalue weighted by Gasteiger charge is -2.40. The van der Waals surface area contributed by atoms with E-state index in [0.29, 0.717) is 23.7 Å². The van der Waals surface area contributed by atoms with E-state index in [9.17, 15) is 4.79 Å². The van der Waals surface area contributed by atoms with Crippen LogP contribution in [0.5, 0.6) is 17.2 Å². The Morgan fingerprint density at radius 3 is 2.27 bits per heavy atom. The maximum Gasteiger partial charge on any atom is 0.203 e. The van der Waals surface area contributed by atoms with E-state index in [2.05, 4.69) is 43.4 Å². The molecule has 0 spiro atoms. The Kier molecular flexibility index (Phi) is 5.08. The Morgan fingerprint density at radius 2 is 1.61 bits per heavy atom. The molecule has 0 saturated carbocycles. The number of Topliss-reactive ketones (excluding diaryl/α,β-unsaturated/α-hetero) is 1. The van der Waals surface area contributed by atoms with Gasteiger partial charge in [-0.05, 0) is 51.9 Å². The number of carbonyl (C=O) groups is 1. The zero-order valence-corrected chi connectivity index (χ0v) is 19.7. The minimum Gasteiger partial charge on any atom is -0.493 e. The maximum absolute atomic E-state index is 13.6. The number of hydrogen-bond donors (Lipinski definition) is 1. The average molecular weight is 444 g/mol. The van der Waals surface area contributed by atoms with Gasteiger partial charge in [-0.3, -0.25) is 4.79 Å². The first-order chi connectivity index (χ1) is 15.9. The van der Waals surface area contributed by atoms with Crippen molar-refractivity contribution in [1.29, 1.82) is 0 Å². The molecule has 2 aliphatic rings. The quantitative estimate of drug-likeness (QED) is 0.531. The molecule has 3 aromatic carbocycles. The Bertz CT molecular complexity index is 1280. The minimum atomic E-state index is -0.236. The molecule has 33 heavy (non-hydrogen) atoms. The highest BCUT2D eigenvalue weighted by Crippen LogP contribution is 2.52. The van der Waals surface area contributed by atoms with Gasteiger partial charge in [0, 0.05) is 29.3 Å². The fourth-order valence-corrected chi connectivity index (χ4v) is 5.41. The van der Waals surface area contributed by atoms with Crippen molar-refractivity contribution in [2.45, 2.75) is 32.6 Å². The molecule has 0 saturated heterocycles. The molecule has 170 valence electrons. The van der Waals surface area contributed by atoms with Crippen LogP contribution in [-0.4, -0.2) is 27.1 Å². The second kappa shape index (κ2) is 7.84. The summed E-state index contributed by atoms with van der Waals surface area (Å²) in [5.74, 6) is 1.66. The first-order valence-electron chi connectivity index (χ1n) is 11.2. The summed E-state index contributed by atoms with van der Waals surface area (Å²) in [5.41, 5.74) is 4.86. The molecule has 5 rings (SSSR count). The van der Waals surface area contributed by atoms with E-state index in [1.54, 1.807) is 21.3 Å². The summed E-state index contributed by atoms with van der Waals surface area (Å²) >= 11 is 0. The number of hydrogen-bond acceptors (Lipinski definition) is 5. The lowest BCUT2D eigenvalue weighted by Crippen LogP contribution is -2.34. The molecule has 0 aromatic heterocycles. The molecule has 5 heteroatoms. The Hall–Kier alpha value is -3.47. The normalized spacial score (nSPS) is 18.9. The van der Waals surface area contributed by atoms with Crippen molar-refractivity contribution in [1.82, 2.24) is 0 Å². The van der Waals surface area contributed by atoms with E-state index in [4.69, 9.17) is 14.2 Å². The van der Waals surface area contributed by atoms with Crippen molar-refractivity contribution in [2.75, 3.05) is 26.6 Å². The monoisotopic (exact) mass is 443 g/mol. The van der Waals surface area contributed by atoms with Crippen molar-refractivity contribution in [2.24, 2.45) is 5.41 Å². The summed E-state index contributed by atoms with van der Waals surface area (Å²) in [7, 11) is 4.83. The molecule has 0 radical (unpaired) electrons. The third-order valence-corrected chi connectivity index (χ3v) is 6.77. The van der Waals surface area contributed by atoms with Gasteiger partial charge >= 0.3 is 0 Å². The van der Waals surface area contributed by atoms with Crippen molar-refractivity contribution in [3.05, 3.63) is 70.9 Å². The van der Waals surface area contributed by atoms with Crippen molar-refractivity contribution in [3.63, 3.8) is 0 Å². The van der Waals surface area contributed by atoms with Crippen LogP contribution in [0.15, 0.2) is 59.8 Å². The molecule has 1 heterocycles. The third kappa shape index (κ3) is 3.43. The highest BCUT2D eigenvalue weighted by molar-refractivity contribution is 6.04. The Balaban J connectivity index is 1.83. The SMILES string of the molecule is COc1cc([C@H]2C3=C(CC(C)(C)CC3=O)Nc3ccc4ccccc4c32)cc(OC)c1OC. The van der Waals surface area contributed by atoms with Gasteiger partial charge in [0.05, 0.1) is 21.3 Å². The van der Waals surface area contributed by atoms with E-state index in [-0.39, 0.29) is 17.1 Å². The summed E-state index contributed by atoms with van der Waals surface area (Å²) in [4.78, 5) is 13.6. The average Bonchev–Trinajstić information content (AvgIpc) is 2.80. The van der Waals surface area contributed by atoms with Crippen LogP contribution in [0.3, 0.4) is 0 Å². The molecule has 3 aromatic rings. The molecule has 0 bridgehead atoms. The number of nitrogens with one attached hydrogen (secondary N) is 1. The topological polar surface area (TPSA) is 56.8 Å². The number of benzene rings is 3. The molecule has 1 aliphatic heterocycles. The van der Waals surface area contributed by atoms with Crippen LogP contribution in [0.1, 0.15) is 43.7 Å². The van der Waals surface area contributed by atoms with Crippen LogP contribution in [-0.2, 0) is 4.79 Å². The first-order valence-corrected chi connectivity index (χ1v) is 11.2. The summed E-state index contributed by atoms with van der Waals surface area (Å²) in [6, 6.07) is 16.5. The van der Waals surface area contributed by atoms with Crippen LogP contribution in [0.25, 0.3) is 10.8 Å². The van der Waals surface area contributed by atoms with Gasteiger partial charge in [-0.1, -0.05) is 44.2 Å². The number of allylic oxidation sites excluding steroid dienone is 2. The van der Waals surface area contributed by atoms with Crippen molar-refractivity contribution >= 4 is 22.2 Å². The standard InChI is InChI=1S/C28H29NO4/c1-28(2)14-20-26(21(30)15-28)24(17-12-22(31-3)27(33-5)23(13-17)32-4)25-18-9-7-6-8-16(18)10-11-19(25)29-20/h6-13,24,29H,14-15H2,1-5H3/t24-/m1/s1. The number of carbonyl (C=O) groups excluding carboxylic acids is 1. The molecular weight excluding hydrogens is 414 g/mol. The van der Waals surface area contributed by atoms with Gasteiger partial charge in [0.2, 0.25) is 5.75 Å². The van der Waals surface area contributed by atoms with Gasteiger partial charge in [0.25, 0.3) is 0 Å². The number of methoxy groups -OCH3 is 3. The van der Waals surface area contributed by atoms with E-state index in [1.165, 1.54) is 0 Å². The first kappa shape index (κ1) is 21.4. The molecule has 5 nitrogen and oxygen atoms in total. The van der Waals surface area contributed by atoms with Crippen LogP contribution >= 0.6 is 0 Å². The minimum absolute atomic E-state index is 0.0862. The third-order valence-electron chi connectivity index (χ3n) is 6.77. The predicted octanol–water partition coefficient (Wildman–Crippen LogP) is 6.07. The van der Waals surface area contributed by atoms with Crippen LogP contribution in [0.4, 0.5) is 5.69 Å². The highest BCUT2D eigenvalue weighted by Gasteiger charge is 2.41. The van der Waals surface area contributed by atoms with Gasteiger partial charge < -0.3 is 19.5 Å². The zero-order chi connectivity index (χ0) is 23.3. The molecule has 1 N–H and O–H groups in total. The second-order valence-corrected chi connectivity index (χ2v) is 9.60. The van der Waals surface area contributed by atoms with Gasteiger partial charge in [0.1, 0.15) is 0 Å². The highest BCUT2D eigenvalue weighted by atomic mass is 16.5. The lowest BCUT2D eigenvalue weighted by atomic mass is 9.68. The smallest absolute Gasteiger partial charge is 0.203 e. The van der Waals surface area contributed by atoms with Gasteiger partial charge in [-0.25, -0.2) is 0 Å². The van der Waals surface area contributed by atoms with E-state index < -0.39 is 0 Å². The van der Waals surface area contributed by atoms with E-state index in [1.807, 2.05) is 24.3 Å². The molecular formula is C28H29NO4. The summed E-state index contributed by atoms with van der Waals surface area (Å²) in [6.07, 6.45) is 1.34. The van der Waals surface area contributed by atoms with Crippen LogP contribution < -0.4 is 19.5 Å². The second-order valence-electron chi connectivity index (χ2n) is 9.60. The molecule has 0 unspecified atom stereocenters. The van der Waals surface area contributed by atoms with Crippen LogP contribution in [0, 0.1) is 5.41 Å². The van der Waals surface area contributed by atoms with Gasteiger partial charge in [-0.15, -0.1) is 0 Å². The fraction of sp³-hybridized carbons (Fsp3) is 0.321. The van der Waals surface area contributed by atoms with Crippen LogP contribution in [0.2, 0.25) is 0 Å². The van der Waals surface area contributed by atoms with Gasteiger partial charge in [-0.2, -0.15) is 0 Å². The summed E-state index contributed by atoms with van der Waals surface area (Å²) in [5, 5.41) is 5.90. The Labute approximate surface area is 194 Å². The summed E-state index contributed by atoms with van der Waals surface area (Å²) < 4.78 is 16.9. The van der Waals surface area contributed by atoms with E-state index >= 15 is 0 Å². The Morgan fingerprint density at radius 1 is 0.909 bits per heavy atom. The number of anilines is 1. The molecule has 1 atom stereocenters. The van der Waals surface area contributed by atoms with Crippen molar-refractivity contribution in [3.8, 4) is 17.2 Å². The van der Waals surface area contributed by atoms with Crippen molar-refractivity contribution < 1.29 is 19.0 Å². The predicted molar refractivity (Wildman–Crippen MR) is 131 cm³/mol. The van der Waals surface area contributed by atoms with Gasteiger partial charge in [0.15, 0.2) is 17.3 Å². The van der Waals surface area contributed by atoms with E-state index in [0.717, 1.165) is 45.3 Å². The number of rotatable bonds is 4. The fourth-order valence-electron chi connectivity index (χ4n) is 5.41. The zero-order valence-electron chi connectivity index (χ0n) is 19.7.